The van der Waals surface area contributed by atoms with E-state index in [-0.39, 0.29) is 6.61 Å². The molecule has 1 rings (SSSR count). The topological polar surface area (TPSA) is 78.8 Å². The molecule has 0 saturated carbocycles. The predicted octanol–water partition coefficient (Wildman–Crippen LogP) is 2.33. The molecular weight excluding hydrogens is 304 g/mol. The van der Waals surface area contributed by atoms with Crippen LogP contribution in [0.15, 0.2) is 23.3 Å². The summed E-state index contributed by atoms with van der Waals surface area (Å²) in [6, 6.07) is 3.86. The number of ether oxygens (including phenoxy) is 1. The fourth-order valence-corrected chi connectivity index (χ4v) is 2.47. The van der Waals surface area contributed by atoms with Crippen molar-refractivity contribution in [2.45, 2.75) is 46.6 Å². The van der Waals surface area contributed by atoms with Gasteiger partial charge in [-0.25, -0.2) is 9.98 Å². The monoisotopic (exact) mass is 336 g/mol. The first-order chi connectivity index (χ1) is 11.7. The summed E-state index contributed by atoms with van der Waals surface area (Å²) in [5, 5.41) is 15.8. The van der Waals surface area contributed by atoms with E-state index in [0.717, 1.165) is 43.9 Å². The summed E-state index contributed by atoms with van der Waals surface area (Å²) in [6.45, 7) is 9.20. The third kappa shape index (κ3) is 8.15. The fraction of sp³-hybridized carbons (Fsp3) is 0.667. The molecule has 136 valence electrons. The van der Waals surface area contributed by atoms with Gasteiger partial charge in [-0.3, -0.25) is 0 Å². The Morgan fingerprint density at radius 2 is 2.12 bits per heavy atom. The van der Waals surface area contributed by atoms with Crippen molar-refractivity contribution in [1.82, 2.24) is 15.6 Å². The number of pyridine rings is 1. The molecule has 3 N–H and O–H groups in total. The maximum absolute atomic E-state index is 9.16. The van der Waals surface area contributed by atoms with Crippen LogP contribution in [0, 0.1) is 5.92 Å². The molecule has 0 amide bonds. The third-order valence-electron chi connectivity index (χ3n) is 3.65. The lowest BCUT2D eigenvalue weighted by atomic mass is 10.0. The summed E-state index contributed by atoms with van der Waals surface area (Å²) in [5.74, 6) is 1.90. The molecule has 1 aromatic heterocycles. The van der Waals surface area contributed by atoms with Gasteiger partial charge in [0, 0.05) is 32.0 Å². The second-order valence-electron chi connectivity index (χ2n) is 5.68. The van der Waals surface area contributed by atoms with Crippen LogP contribution in [0.25, 0.3) is 0 Å². The van der Waals surface area contributed by atoms with Gasteiger partial charge in [-0.2, -0.15) is 0 Å². The van der Waals surface area contributed by atoms with Gasteiger partial charge in [-0.1, -0.05) is 13.3 Å². The maximum atomic E-state index is 9.16. The van der Waals surface area contributed by atoms with Crippen LogP contribution in [-0.4, -0.2) is 42.4 Å². The molecule has 0 saturated heterocycles. The first-order valence-electron chi connectivity index (χ1n) is 8.94. The van der Waals surface area contributed by atoms with Crippen molar-refractivity contribution in [3.05, 3.63) is 23.9 Å². The normalized spacial score (nSPS) is 12.8. The Hall–Kier alpha value is -1.82. The molecule has 1 aromatic rings. The highest BCUT2D eigenvalue weighted by atomic mass is 16.5. The molecule has 1 atom stereocenters. The van der Waals surface area contributed by atoms with Crippen molar-refractivity contribution in [3.63, 3.8) is 0 Å². The summed E-state index contributed by atoms with van der Waals surface area (Å²) in [7, 11) is 0. The summed E-state index contributed by atoms with van der Waals surface area (Å²) < 4.78 is 5.42. The number of nitrogens with zero attached hydrogens (tertiary/aromatic N) is 2. The second-order valence-corrected chi connectivity index (χ2v) is 5.68. The van der Waals surface area contributed by atoms with Crippen LogP contribution in [0.5, 0.6) is 5.88 Å². The third-order valence-corrected chi connectivity index (χ3v) is 3.65. The number of rotatable bonds is 11. The Bertz CT molecular complexity index is 474. The molecule has 1 heterocycles. The summed E-state index contributed by atoms with van der Waals surface area (Å²) in [5.41, 5.74) is 1.06. The summed E-state index contributed by atoms with van der Waals surface area (Å²) in [4.78, 5) is 8.79. The van der Waals surface area contributed by atoms with Crippen LogP contribution in [0.4, 0.5) is 0 Å². The number of guanidine groups is 1. The molecule has 0 aliphatic carbocycles. The van der Waals surface area contributed by atoms with E-state index in [2.05, 4.69) is 27.5 Å². The van der Waals surface area contributed by atoms with E-state index >= 15 is 0 Å². The zero-order valence-corrected chi connectivity index (χ0v) is 15.2. The first-order valence-corrected chi connectivity index (χ1v) is 8.94. The average Bonchev–Trinajstić information content (AvgIpc) is 2.58. The van der Waals surface area contributed by atoms with E-state index in [0.29, 0.717) is 24.9 Å². The number of nitrogens with one attached hydrogen (secondary N) is 2. The van der Waals surface area contributed by atoms with E-state index in [1.807, 2.05) is 26.0 Å². The Morgan fingerprint density at radius 3 is 2.79 bits per heavy atom. The predicted molar refractivity (Wildman–Crippen MR) is 98.3 cm³/mol. The van der Waals surface area contributed by atoms with Crippen molar-refractivity contribution in [2.75, 3.05) is 26.3 Å². The van der Waals surface area contributed by atoms with E-state index in [4.69, 9.17) is 9.84 Å². The van der Waals surface area contributed by atoms with Crippen molar-refractivity contribution >= 4 is 5.96 Å². The Labute approximate surface area is 145 Å². The van der Waals surface area contributed by atoms with Crippen LogP contribution in [0.1, 0.15) is 45.6 Å². The highest BCUT2D eigenvalue weighted by Crippen LogP contribution is 2.11. The standard InChI is InChI=1S/C18H32N4O2/c1-4-7-15(9-11-23)13-21-18(19-5-2)22-14-16-8-10-20-17(12-16)24-6-3/h8,10,12,15,23H,4-7,9,11,13-14H2,1-3H3,(H2,19,21,22). The van der Waals surface area contributed by atoms with Gasteiger partial charge in [0.05, 0.1) is 13.2 Å². The van der Waals surface area contributed by atoms with Gasteiger partial charge in [0.25, 0.3) is 0 Å². The van der Waals surface area contributed by atoms with Crippen LogP contribution in [-0.2, 0) is 6.54 Å². The lowest BCUT2D eigenvalue weighted by Gasteiger charge is -2.18. The zero-order valence-electron chi connectivity index (χ0n) is 15.2. The van der Waals surface area contributed by atoms with Crippen molar-refractivity contribution in [2.24, 2.45) is 10.9 Å². The van der Waals surface area contributed by atoms with E-state index < -0.39 is 0 Å². The van der Waals surface area contributed by atoms with Gasteiger partial charge in [0.1, 0.15) is 0 Å². The second kappa shape index (κ2) is 12.6. The summed E-state index contributed by atoms with van der Waals surface area (Å²) in [6.07, 6.45) is 4.79. The van der Waals surface area contributed by atoms with Gasteiger partial charge in [-0.15, -0.1) is 0 Å². The van der Waals surface area contributed by atoms with Crippen molar-refractivity contribution in [3.8, 4) is 5.88 Å². The average molecular weight is 336 g/mol. The fourth-order valence-electron chi connectivity index (χ4n) is 2.47. The molecular formula is C18H32N4O2. The Morgan fingerprint density at radius 1 is 1.29 bits per heavy atom. The minimum Gasteiger partial charge on any atom is -0.478 e. The minimum absolute atomic E-state index is 0.233. The van der Waals surface area contributed by atoms with Crippen LogP contribution in [0.2, 0.25) is 0 Å². The van der Waals surface area contributed by atoms with E-state index in [1.165, 1.54) is 0 Å². The zero-order chi connectivity index (χ0) is 17.6. The number of aliphatic hydroxyl groups excluding tert-OH is 1. The molecule has 0 aliphatic rings. The highest BCUT2D eigenvalue weighted by molar-refractivity contribution is 5.79. The number of aliphatic imine (C=N–C) groups is 1. The van der Waals surface area contributed by atoms with Gasteiger partial charge in [0.2, 0.25) is 5.88 Å². The molecule has 6 heteroatoms. The van der Waals surface area contributed by atoms with Crippen molar-refractivity contribution in [1.29, 1.82) is 0 Å². The summed E-state index contributed by atoms with van der Waals surface area (Å²) >= 11 is 0. The lowest BCUT2D eigenvalue weighted by molar-refractivity contribution is 0.251. The van der Waals surface area contributed by atoms with Gasteiger partial charge >= 0.3 is 0 Å². The first kappa shape index (κ1) is 20.2. The van der Waals surface area contributed by atoms with Crippen LogP contribution >= 0.6 is 0 Å². The molecule has 0 bridgehead atoms. The molecule has 24 heavy (non-hydrogen) atoms. The Balaban J connectivity index is 2.62. The lowest BCUT2D eigenvalue weighted by Crippen LogP contribution is -2.40. The van der Waals surface area contributed by atoms with Gasteiger partial charge < -0.3 is 20.5 Å². The minimum atomic E-state index is 0.233. The molecule has 0 spiro atoms. The number of aliphatic hydroxyl groups is 1. The quantitative estimate of drug-likeness (QED) is 0.427. The molecule has 0 aromatic carbocycles. The van der Waals surface area contributed by atoms with Crippen molar-refractivity contribution < 1.29 is 9.84 Å². The van der Waals surface area contributed by atoms with Gasteiger partial charge in [0.15, 0.2) is 5.96 Å². The molecule has 0 fully saturated rings. The number of hydrogen-bond donors (Lipinski definition) is 3. The van der Waals surface area contributed by atoms with Crippen LogP contribution < -0.4 is 15.4 Å². The maximum Gasteiger partial charge on any atom is 0.213 e. The smallest absolute Gasteiger partial charge is 0.213 e. The van der Waals surface area contributed by atoms with Crippen LogP contribution in [0.3, 0.4) is 0 Å². The van der Waals surface area contributed by atoms with E-state index in [1.54, 1.807) is 6.20 Å². The van der Waals surface area contributed by atoms with Gasteiger partial charge in [-0.05, 0) is 44.2 Å². The molecule has 6 nitrogen and oxygen atoms in total. The molecule has 0 aliphatic heterocycles. The Kier molecular flexibility index (Phi) is 10.6. The van der Waals surface area contributed by atoms with E-state index in [9.17, 15) is 0 Å². The highest BCUT2D eigenvalue weighted by Gasteiger charge is 2.08. The molecule has 1 unspecified atom stereocenters. The molecule has 0 radical (unpaired) electrons. The number of hydrogen-bond acceptors (Lipinski definition) is 4. The SMILES string of the molecule is CCCC(CCO)CNC(=NCc1ccnc(OCC)c1)NCC. The largest absolute Gasteiger partial charge is 0.478 e. The number of aromatic nitrogens is 1.